The number of aromatic nitrogens is 4. The van der Waals surface area contributed by atoms with Gasteiger partial charge in [0.15, 0.2) is 11.5 Å². The van der Waals surface area contributed by atoms with E-state index in [4.69, 9.17) is 9.72 Å². The van der Waals surface area contributed by atoms with E-state index < -0.39 is 0 Å². The summed E-state index contributed by atoms with van der Waals surface area (Å²) >= 11 is 0. The van der Waals surface area contributed by atoms with Crippen molar-refractivity contribution in [2.24, 2.45) is 0 Å². The van der Waals surface area contributed by atoms with Gasteiger partial charge in [-0.25, -0.2) is 14.5 Å². The lowest BCUT2D eigenvalue weighted by Gasteiger charge is -2.27. The quantitative estimate of drug-likeness (QED) is 0.439. The van der Waals surface area contributed by atoms with Gasteiger partial charge in [-0.2, -0.15) is 0 Å². The van der Waals surface area contributed by atoms with Gasteiger partial charge in [0.05, 0.1) is 11.1 Å². The number of phenols is 2. The van der Waals surface area contributed by atoms with Gasteiger partial charge in [-0.15, -0.1) is 5.10 Å². The van der Waals surface area contributed by atoms with E-state index >= 15 is 0 Å². The summed E-state index contributed by atoms with van der Waals surface area (Å²) in [4.78, 5) is 9.22. The molecule has 6 rings (SSSR count). The first kappa shape index (κ1) is 17.5. The van der Waals surface area contributed by atoms with E-state index in [1.54, 1.807) is 41.2 Å². The van der Waals surface area contributed by atoms with Crippen LogP contribution in [0, 0.1) is 0 Å². The normalized spacial score (nSPS) is 14.6. The molecule has 3 heterocycles. The SMILES string of the molecule is Oc1ccc2c(c1)Oc1ncn3nc(-c4ccccc4O)nc3c1[C@H]2c1ccccc1. The minimum atomic E-state index is -0.210. The Balaban J connectivity index is 1.63. The minimum Gasteiger partial charge on any atom is -0.508 e. The van der Waals surface area contributed by atoms with Crippen LogP contribution >= 0.6 is 0 Å². The number of nitrogens with zero attached hydrogens (tertiary/aromatic N) is 4. The maximum absolute atomic E-state index is 10.3. The molecule has 0 bridgehead atoms. The zero-order valence-electron chi connectivity index (χ0n) is 16.2. The second kappa shape index (κ2) is 6.56. The number of hydrogen-bond donors (Lipinski definition) is 2. The number of benzene rings is 3. The van der Waals surface area contributed by atoms with Crippen LogP contribution < -0.4 is 4.74 Å². The molecule has 0 fully saturated rings. The molecule has 7 nitrogen and oxygen atoms in total. The van der Waals surface area contributed by atoms with E-state index in [1.807, 2.05) is 42.5 Å². The van der Waals surface area contributed by atoms with Crippen molar-refractivity contribution in [1.82, 2.24) is 19.6 Å². The number of rotatable bonds is 2. The van der Waals surface area contributed by atoms with Gasteiger partial charge in [-0.1, -0.05) is 48.5 Å². The number of aromatic hydroxyl groups is 2. The summed E-state index contributed by atoms with van der Waals surface area (Å²) in [6.07, 6.45) is 1.54. The van der Waals surface area contributed by atoms with Crippen molar-refractivity contribution < 1.29 is 14.9 Å². The smallest absolute Gasteiger partial charge is 0.228 e. The van der Waals surface area contributed by atoms with Gasteiger partial charge in [0, 0.05) is 17.5 Å². The highest BCUT2D eigenvalue weighted by molar-refractivity contribution is 5.70. The molecule has 0 amide bonds. The molecule has 0 saturated heterocycles. The molecule has 0 aliphatic carbocycles. The van der Waals surface area contributed by atoms with Crippen molar-refractivity contribution in [3.05, 3.63) is 95.8 Å². The molecule has 5 aromatic rings. The van der Waals surface area contributed by atoms with E-state index in [0.717, 1.165) is 16.7 Å². The second-order valence-corrected chi connectivity index (χ2v) is 7.35. The Labute approximate surface area is 176 Å². The fraction of sp³-hybridized carbons (Fsp3) is 0.0417. The Hall–Kier alpha value is -4.39. The van der Waals surface area contributed by atoms with Crippen molar-refractivity contribution in [3.63, 3.8) is 0 Å². The first-order valence-electron chi connectivity index (χ1n) is 9.78. The monoisotopic (exact) mass is 408 g/mol. The Morgan fingerprint density at radius 2 is 1.71 bits per heavy atom. The van der Waals surface area contributed by atoms with E-state index in [0.29, 0.717) is 28.7 Å². The van der Waals surface area contributed by atoms with Crippen LogP contribution in [-0.2, 0) is 0 Å². The van der Waals surface area contributed by atoms with Gasteiger partial charge in [-0.3, -0.25) is 0 Å². The molecular formula is C24H16N4O3. The molecule has 0 unspecified atom stereocenters. The number of para-hydroxylation sites is 1. The van der Waals surface area contributed by atoms with Crippen molar-refractivity contribution in [2.75, 3.05) is 0 Å². The lowest BCUT2D eigenvalue weighted by molar-refractivity contribution is 0.422. The topological polar surface area (TPSA) is 92.8 Å². The lowest BCUT2D eigenvalue weighted by Crippen LogP contribution is -2.14. The predicted molar refractivity (Wildman–Crippen MR) is 113 cm³/mol. The number of fused-ring (bicyclic) bond motifs is 4. The Bertz CT molecular complexity index is 1450. The van der Waals surface area contributed by atoms with Crippen LogP contribution in [0.4, 0.5) is 0 Å². The fourth-order valence-corrected chi connectivity index (χ4v) is 4.07. The third-order valence-electron chi connectivity index (χ3n) is 5.47. The van der Waals surface area contributed by atoms with Gasteiger partial charge in [0.1, 0.15) is 23.6 Å². The van der Waals surface area contributed by atoms with Crippen molar-refractivity contribution in [2.45, 2.75) is 5.92 Å². The second-order valence-electron chi connectivity index (χ2n) is 7.35. The maximum Gasteiger partial charge on any atom is 0.228 e. The van der Waals surface area contributed by atoms with Gasteiger partial charge in [-0.05, 0) is 23.8 Å². The van der Waals surface area contributed by atoms with Crippen LogP contribution in [0.2, 0.25) is 0 Å². The van der Waals surface area contributed by atoms with Crippen molar-refractivity contribution >= 4 is 5.65 Å². The molecule has 1 atom stereocenters. The largest absolute Gasteiger partial charge is 0.508 e. The zero-order chi connectivity index (χ0) is 20.9. The van der Waals surface area contributed by atoms with E-state index in [9.17, 15) is 10.2 Å². The minimum absolute atomic E-state index is 0.108. The lowest BCUT2D eigenvalue weighted by atomic mass is 9.84. The maximum atomic E-state index is 10.3. The first-order valence-corrected chi connectivity index (χ1v) is 9.78. The predicted octanol–water partition coefficient (Wildman–Crippen LogP) is 4.49. The Morgan fingerprint density at radius 3 is 2.55 bits per heavy atom. The van der Waals surface area contributed by atoms with E-state index in [-0.39, 0.29) is 17.4 Å². The van der Waals surface area contributed by atoms with Crippen LogP contribution in [0.5, 0.6) is 23.1 Å². The van der Waals surface area contributed by atoms with Crippen LogP contribution in [-0.4, -0.2) is 29.8 Å². The summed E-state index contributed by atoms with van der Waals surface area (Å²) in [6, 6.07) is 22.1. The highest BCUT2D eigenvalue weighted by atomic mass is 16.5. The molecular weight excluding hydrogens is 392 g/mol. The molecule has 7 heteroatoms. The van der Waals surface area contributed by atoms with E-state index in [2.05, 4.69) is 10.1 Å². The molecule has 150 valence electrons. The molecule has 1 aliphatic heterocycles. The summed E-state index contributed by atoms with van der Waals surface area (Å²) in [7, 11) is 0. The highest BCUT2D eigenvalue weighted by Crippen LogP contribution is 2.48. The molecule has 2 N–H and O–H groups in total. The average molecular weight is 408 g/mol. The van der Waals surface area contributed by atoms with Crippen LogP contribution in [0.3, 0.4) is 0 Å². The van der Waals surface area contributed by atoms with Gasteiger partial charge < -0.3 is 14.9 Å². The van der Waals surface area contributed by atoms with E-state index in [1.165, 1.54) is 0 Å². The van der Waals surface area contributed by atoms with Crippen molar-refractivity contribution in [1.29, 1.82) is 0 Å². The zero-order valence-corrected chi connectivity index (χ0v) is 16.2. The van der Waals surface area contributed by atoms with Gasteiger partial charge in [0.25, 0.3) is 0 Å². The molecule has 0 radical (unpaired) electrons. The van der Waals surface area contributed by atoms with Crippen LogP contribution in [0.15, 0.2) is 79.1 Å². The van der Waals surface area contributed by atoms with Gasteiger partial charge in [0.2, 0.25) is 5.88 Å². The summed E-state index contributed by atoms with van der Waals surface area (Å²) in [5.41, 5.74) is 3.86. The first-order chi connectivity index (χ1) is 15.2. The molecule has 1 aliphatic rings. The fourth-order valence-electron chi connectivity index (χ4n) is 4.07. The number of ether oxygens (including phenoxy) is 1. The molecule has 0 saturated carbocycles. The van der Waals surface area contributed by atoms with Gasteiger partial charge >= 0.3 is 0 Å². The Morgan fingerprint density at radius 1 is 0.903 bits per heavy atom. The summed E-state index contributed by atoms with van der Waals surface area (Å²) in [5, 5.41) is 24.8. The highest BCUT2D eigenvalue weighted by Gasteiger charge is 2.33. The molecule has 0 spiro atoms. The summed E-state index contributed by atoms with van der Waals surface area (Å²) in [5.74, 6) is 1.39. The average Bonchev–Trinajstić information content (AvgIpc) is 3.22. The van der Waals surface area contributed by atoms with Crippen molar-refractivity contribution in [3.8, 4) is 34.5 Å². The number of phenolic OH excluding ortho intramolecular Hbond substituents is 2. The third kappa shape index (κ3) is 2.71. The Kier molecular flexibility index (Phi) is 3.70. The molecule has 2 aromatic heterocycles. The third-order valence-corrected chi connectivity index (χ3v) is 5.47. The summed E-state index contributed by atoms with van der Waals surface area (Å²) < 4.78 is 7.66. The van der Waals surface area contributed by atoms with Crippen LogP contribution in [0.1, 0.15) is 22.6 Å². The number of hydrogen-bond acceptors (Lipinski definition) is 6. The van der Waals surface area contributed by atoms with Crippen LogP contribution in [0.25, 0.3) is 17.0 Å². The summed E-state index contributed by atoms with van der Waals surface area (Å²) in [6.45, 7) is 0. The molecule has 3 aromatic carbocycles. The standard InChI is InChI=1S/C24H16N4O3/c29-15-10-11-17-19(12-15)31-24-21(20(17)14-6-2-1-3-7-14)23-26-22(27-28(23)13-25-24)16-8-4-5-9-18(16)30/h1-13,20,29-30H/t20-/m0/s1. The molecule has 31 heavy (non-hydrogen) atoms.